The number of allylic oxidation sites excluding steroid dienone is 8. The lowest BCUT2D eigenvalue weighted by Crippen LogP contribution is -2.35. The number of nitrogens with zero attached hydrogens (tertiary/aromatic N) is 1. The number of alkyl halides is 1. The first kappa shape index (κ1) is 37.2. The number of halogens is 1. The van der Waals surface area contributed by atoms with Crippen LogP contribution in [0.3, 0.4) is 0 Å². The lowest BCUT2D eigenvalue weighted by molar-refractivity contribution is 0.0941. The molecule has 3 atom stereocenters. The van der Waals surface area contributed by atoms with Gasteiger partial charge in [-0.05, 0) is 128 Å². The zero-order chi connectivity index (χ0) is 39.5. The molecule has 2 aliphatic carbocycles. The molecule has 0 fully saturated rings. The molecule has 1 heterocycles. The summed E-state index contributed by atoms with van der Waals surface area (Å²) in [6.45, 7) is 2.14. The van der Waals surface area contributed by atoms with E-state index in [4.69, 9.17) is 10.4 Å². The fraction of sp³-hybridized carbons (Fsp3) is 0.185. The summed E-state index contributed by atoms with van der Waals surface area (Å²) in [5, 5.41) is 19.0. The van der Waals surface area contributed by atoms with Crippen LogP contribution in [-0.4, -0.2) is 12.1 Å². The number of hydrogen-bond acceptors (Lipinski definition) is 3. The smallest absolute Gasteiger partial charge is 0.144 e. The van der Waals surface area contributed by atoms with E-state index in [1.54, 1.807) is 6.08 Å². The van der Waals surface area contributed by atoms with E-state index in [1.165, 1.54) is 33.1 Å². The zero-order valence-electron chi connectivity index (χ0n) is 33.0. The number of amidine groups is 1. The number of hydrogen-bond donors (Lipinski definition) is 2. The van der Waals surface area contributed by atoms with Gasteiger partial charge in [-0.1, -0.05) is 159 Å². The highest BCUT2D eigenvalue weighted by molar-refractivity contribution is 6.25. The maximum Gasteiger partial charge on any atom is 0.144 e. The second-order valence-corrected chi connectivity index (χ2v) is 15.5. The second-order valence-electron chi connectivity index (χ2n) is 15.5. The van der Waals surface area contributed by atoms with Gasteiger partial charge in [0.1, 0.15) is 11.5 Å². The predicted molar refractivity (Wildman–Crippen MR) is 243 cm³/mol. The molecule has 6 aromatic rings. The van der Waals surface area contributed by atoms with Crippen LogP contribution in [0.1, 0.15) is 62.6 Å². The van der Waals surface area contributed by atoms with Crippen LogP contribution in [0, 0.1) is 11.3 Å². The van der Waals surface area contributed by atoms with Gasteiger partial charge in [0.05, 0.1) is 6.04 Å². The first-order valence-electron chi connectivity index (χ1n) is 20.7. The lowest BCUT2D eigenvalue weighted by Gasteiger charge is -2.37. The molecular formula is C54H48FN3. The summed E-state index contributed by atoms with van der Waals surface area (Å²) in [7, 11) is 0. The summed E-state index contributed by atoms with van der Waals surface area (Å²) in [5.41, 5.74) is 5.98. The van der Waals surface area contributed by atoms with Crippen molar-refractivity contribution in [2.24, 2.45) is 10.9 Å². The minimum Gasteiger partial charge on any atom is -0.340 e. The monoisotopic (exact) mass is 757 g/mol. The Labute approximate surface area is 340 Å². The quantitative estimate of drug-likeness (QED) is 0.0656. The second kappa shape index (κ2) is 16.2. The first-order chi connectivity index (χ1) is 28.6. The third-order valence-electron chi connectivity index (χ3n) is 12.2. The van der Waals surface area contributed by atoms with Crippen LogP contribution in [0.25, 0.3) is 43.4 Å². The van der Waals surface area contributed by atoms with E-state index in [2.05, 4.69) is 146 Å². The maximum absolute atomic E-state index is 19.1. The molecule has 1 aliphatic heterocycles. The topological polar surface area (TPSA) is 48.2 Å². The van der Waals surface area contributed by atoms with E-state index in [9.17, 15) is 0 Å². The Bertz CT molecular complexity index is 2730. The highest BCUT2D eigenvalue weighted by Gasteiger charge is 2.44. The number of nitrogens with one attached hydrogen (secondary N) is 2. The van der Waals surface area contributed by atoms with E-state index < -0.39 is 11.6 Å². The highest BCUT2D eigenvalue weighted by atomic mass is 19.1. The Balaban J connectivity index is 1.21. The van der Waals surface area contributed by atoms with Crippen molar-refractivity contribution in [3.63, 3.8) is 0 Å². The third kappa shape index (κ3) is 6.87. The standard InChI is InChI=1S/C54H48FN3/c1-2-40(53-57-51(37-19-6-3-7-20-37)36-52(58-53)38-21-8-4-9-22-38)47(28-18-34-56)50-29-10-5-17-33-54(50,55)49-30-16-15-23-41(49)39-31-32-46-44-26-12-11-24-42(44)43-25-13-14-27-45(43)48(46)35-39/h3,5-8,10-16,18-28,30-32,34-36,50-51,56H,2,4,9,17,29,33H2,1H3,(H,57,58)/b28-18-,47-40-,56-34?. The minimum atomic E-state index is -1.73. The number of benzene rings is 6. The molecule has 3 nitrogen and oxygen atoms in total. The molecule has 6 aromatic carbocycles. The van der Waals surface area contributed by atoms with Crippen LogP contribution < -0.4 is 5.32 Å². The van der Waals surface area contributed by atoms with Gasteiger partial charge < -0.3 is 10.7 Å². The van der Waals surface area contributed by atoms with E-state index in [0.717, 1.165) is 63.2 Å². The Morgan fingerprint density at radius 3 is 2.17 bits per heavy atom. The Morgan fingerprint density at radius 2 is 1.47 bits per heavy atom. The molecule has 0 spiro atoms. The molecule has 3 unspecified atom stereocenters. The van der Waals surface area contributed by atoms with Crippen LogP contribution in [0.15, 0.2) is 197 Å². The summed E-state index contributed by atoms with van der Waals surface area (Å²) in [5.74, 6) is 0.224. The van der Waals surface area contributed by atoms with Gasteiger partial charge in [-0.15, -0.1) is 0 Å². The van der Waals surface area contributed by atoms with Gasteiger partial charge in [0.2, 0.25) is 0 Å². The van der Waals surface area contributed by atoms with E-state index >= 15 is 4.39 Å². The Hall–Kier alpha value is -6.39. The molecule has 0 saturated carbocycles. The average molecular weight is 758 g/mol. The van der Waals surface area contributed by atoms with Crippen LogP contribution in [0.4, 0.5) is 4.39 Å². The summed E-state index contributed by atoms with van der Waals surface area (Å²) in [6, 6.07) is 42.2. The van der Waals surface area contributed by atoms with Gasteiger partial charge in [0, 0.05) is 17.8 Å². The maximum atomic E-state index is 19.1. The molecule has 286 valence electrons. The molecule has 0 saturated heterocycles. The van der Waals surface area contributed by atoms with E-state index in [0.29, 0.717) is 31.2 Å². The van der Waals surface area contributed by atoms with Crippen LogP contribution in [0.2, 0.25) is 0 Å². The van der Waals surface area contributed by atoms with Crippen molar-refractivity contribution in [3.8, 4) is 11.1 Å². The Kier molecular flexibility index (Phi) is 10.4. The first-order valence-corrected chi connectivity index (χ1v) is 20.7. The van der Waals surface area contributed by atoms with Crippen LogP contribution in [0.5, 0.6) is 0 Å². The minimum absolute atomic E-state index is 0.204. The largest absolute Gasteiger partial charge is 0.340 e. The van der Waals surface area contributed by atoms with Crippen molar-refractivity contribution in [1.29, 1.82) is 5.41 Å². The van der Waals surface area contributed by atoms with Crippen molar-refractivity contribution in [2.45, 2.75) is 57.2 Å². The summed E-state index contributed by atoms with van der Waals surface area (Å²) in [6.07, 6.45) is 22.3. The SMILES string of the molecule is CC/C(C1=NC(c2ccccc2)C=C(C2=CCCC=C2)N1)=C(\C=C/C=N)C1CC=CCCC1(F)c1ccccc1-c1ccc2c3ccccc3c3ccccc3c2c1. The van der Waals surface area contributed by atoms with Crippen molar-refractivity contribution in [1.82, 2.24) is 5.32 Å². The molecule has 0 aromatic heterocycles. The van der Waals surface area contributed by atoms with Crippen LogP contribution >= 0.6 is 0 Å². The summed E-state index contributed by atoms with van der Waals surface area (Å²) < 4.78 is 19.1. The van der Waals surface area contributed by atoms with Crippen LogP contribution in [-0.2, 0) is 5.67 Å². The van der Waals surface area contributed by atoms with Crippen molar-refractivity contribution in [3.05, 3.63) is 203 Å². The molecule has 9 rings (SSSR count). The molecule has 0 amide bonds. The summed E-state index contributed by atoms with van der Waals surface area (Å²) in [4.78, 5) is 5.37. The van der Waals surface area contributed by atoms with Crippen molar-refractivity contribution < 1.29 is 4.39 Å². The van der Waals surface area contributed by atoms with E-state index in [-0.39, 0.29) is 6.04 Å². The molecule has 0 bridgehead atoms. The zero-order valence-corrected chi connectivity index (χ0v) is 33.0. The Morgan fingerprint density at radius 1 is 0.776 bits per heavy atom. The fourth-order valence-corrected chi connectivity index (χ4v) is 9.45. The lowest BCUT2D eigenvalue weighted by atomic mass is 9.71. The number of fused-ring (bicyclic) bond motifs is 6. The van der Waals surface area contributed by atoms with Crippen molar-refractivity contribution >= 4 is 44.4 Å². The van der Waals surface area contributed by atoms with Gasteiger partial charge in [-0.25, -0.2) is 4.39 Å². The molecule has 2 N–H and O–H groups in total. The van der Waals surface area contributed by atoms with Gasteiger partial charge in [0.25, 0.3) is 0 Å². The molecular weight excluding hydrogens is 710 g/mol. The van der Waals surface area contributed by atoms with Gasteiger partial charge >= 0.3 is 0 Å². The summed E-state index contributed by atoms with van der Waals surface area (Å²) >= 11 is 0. The van der Waals surface area contributed by atoms with E-state index in [1.807, 2.05) is 30.3 Å². The van der Waals surface area contributed by atoms with Gasteiger partial charge in [-0.3, -0.25) is 4.99 Å². The average Bonchev–Trinajstić information content (AvgIpc) is 3.49. The molecule has 3 aliphatic rings. The fourth-order valence-electron chi connectivity index (χ4n) is 9.45. The third-order valence-corrected chi connectivity index (χ3v) is 12.2. The van der Waals surface area contributed by atoms with Crippen molar-refractivity contribution in [2.75, 3.05) is 0 Å². The van der Waals surface area contributed by atoms with Gasteiger partial charge in [0.15, 0.2) is 0 Å². The number of aliphatic imine (C=N–C) groups is 1. The molecule has 0 radical (unpaired) electrons. The highest BCUT2D eigenvalue weighted by Crippen LogP contribution is 2.50. The number of rotatable bonds is 9. The normalized spacial score (nSPS) is 21.3. The van der Waals surface area contributed by atoms with Gasteiger partial charge in [-0.2, -0.15) is 0 Å². The molecule has 58 heavy (non-hydrogen) atoms. The molecule has 4 heteroatoms. The predicted octanol–water partition coefficient (Wildman–Crippen LogP) is 14.1.